The molecule has 1 fully saturated rings. The quantitative estimate of drug-likeness (QED) is 0.361. The molecule has 0 saturated carbocycles. The van der Waals surface area contributed by atoms with Crippen LogP contribution in [0.25, 0.3) is 11.2 Å². The Labute approximate surface area is 165 Å². The number of benzene rings is 1. The number of hydrogen-bond acceptors (Lipinski definition) is 10. The number of ether oxygens (including phenoxy) is 2. The lowest BCUT2D eigenvalue weighted by molar-refractivity contribution is -0.145. The predicted molar refractivity (Wildman–Crippen MR) is 100 cm³/mol. The van der Waals surface area contributed by atoms with Gasteiger partial charge in [0.05, 0.1) is 20.0 Å². The third-order valence-corrected chi connectivity index (χ3v) is 5.17. The van der Waals surface area contributed by atoms with E-state index >= 15 is 0 Å². The molecule has 29 heavy (non-hydrogen) atoms. The zero-order valence-corrected chi connectivity index (χ0v) is 15.5. The van der Waals surface area contributed by atoms with Crippen LogP contribution in [0.1, 0.15) is 5.56 Å². The molecular formula is C18H21N5O6. The van der Waals surface area contributed by atoms with E-state index in [1.807, 2.05) is 0 Å². The van der Waals surface area contributed by atoms with Crippen LogP contribution < -0.4 is 10.5 Å². The van der Waals surface area contributed by atoms with Gasteiger partial charge in [0.1, 0.15) is 30.2 Å². The minimum atomic E-state index is -1.55. The Bertz CT molecular complexity index is 1040. The first-order valence-corrected chi connectivity index (χ1v) is 8.86. The number of phenols is 1. The number of aromatic nitrogens is 4. The first-order chi connectivity index (χ1) is 13.9. The fourth-order valence-corrected chi connectivity index (χ4v) is 3.70. The third kappa shape index (κ3) is 2.95. The maximum Gasteiger partial charge on any atom is 0.180 e. The Morgan fingerprint density at radius 2 is 2.07 bits per heavy atom. The Morgan fingerprint density at radius 3 is 2.76 bits per heavy atom. The predicted octanol–water partition coefficient (Wildman–Crippen LogP) is -0.869. The normalized spacial score (nSPS) is 26.8. The lowest BCUT2D eigenvalue weighted by Gasteiger charge is -2.34. The zero-order chi connectivity index (χ0) is 20.8. The number of aromatic hydroxyl groups is 1. The molecule has 4 rings (SSSR count). The molecule has 3 heterocycles. The van der Waals surface area contributed by atoms with Crippen molar-refractivity contribution < 1.29 is 29.9 Å². The van der Waals surface area contributed by atoms with E-state index in [9.17, 15) is 20.4 Å². The second kappa shape index (κ2) is 7.12. The molecule has 154 valence electrons. The molecule has 0 amide bonds. The van der Waals surface area contributed by atoms with Crippen LogP contribution in [0.5, 0.6) is 11.5 Å². The van der Waals surface area contributed by atoms with Gasteiger partial charge >= 0.3 is 0 Å². The number of nitrogens with zero attached hydrogens (tertiary/aromatic N) is 4. The lowest BCUT2D eigenvalue weighted by atomic mass is 9.94. The summed E-state index contributed by atoms with van der Waals surface area (Å²) < 4.78 is 12.6. The van der Waals surface area contributed by atoms with Gasteiger partial charge in [-0.1, -0.05) is 6.07 Å². The summed E-state index contributed by atoms with van der Waals surface area (Å²) in [6.45, 7) is -0.497. The summed E-state index contributed by atoms with van der Waals surface area (Å²) in [6, 6.07) is 4.68. The van der Waals surface area contributed by atoms with Crippen molar-refractivity contribution in [3.05, 3.63) is 36.4 Å². The highest BCUT2D eigenvalue weighted by molar-refractivity contribution is 5.81. The molecular weight excluding hydrogens is 382 g/mol. The van der Waals surface area contributed by atoms with Gasteiger partial charge in [-0.3, -0.25) is 4.57 Å². The number of anilines is 1. The molecule has 1 unspecified atom stereocenters. The van der Waals surface area contributed by atoms with Crippen molar-refractivity contribution in [3.8, 4) is 11.5 Å². The van der Waals surface area contributed by atoms with Gasteiger partial charge in [0.25, 0.3) is 0 Å². The molecule has 11 nitrogen and oxygen atoms in total. The Morgan fingerprint density at radius 1 is 1.28 bits per heavy atom. The third-order valence-electron chi connectivity index (χ3n) is 5.17. The van der Waals surface area contributed by atoms with E-state index in [-0.39, 0.29) is 23.7 Å². The van der Waals surface area contributed by atoms with Crippen molar-refractivity contribution >= 4 is 17.0 Å². The van der Waals surface area contributed by atoms with Crippen LogP contribution in [0.3, 0.4) is 0 Å². The van der Waals surface area contributed by atoms with Crippen LogP contribution in [-0.4, -0.2) is 72.0 Å². The van der Waals surface area contributed by atoms with Gasteiger partial charge in [-0.15, -0.1) is 0 Å². The molecule has 1 aliphatic rings. The molecule has 4 atom stereocenters. The maximum atomic E-state index is 11.0. The summed E-state index contributed by atoms with van der Waals surface area (Å²) in [7, 11) is 1.42. The van der Waals surface area contributed by atoms with Crippen LogP contribution in [0, 0.1) is 0 Å². The highest BCUT2D eigenvalue weighted by Crippen LogP contribution is 2.41. The van der Waals surface area contributed by atoms with Crippen molar-refractivity contribution in [1.29, 1.82) is 0 Å². The van der Waals surface area contributed by atoms with Gasteiger partial charge in [-0.2, -0.15) is 0 Å². The molecule has 1 aromatic carbocycles. The second-order valence-corrected chi connectivity index (χ2v) is 6.85. The lowest BCUT2D eigenvalue weighted by Crippen LogP contribution is -2.47. The number of rotatable bonds is 5. The van der Waals surface area contributed by atoms with Crippen molar-refractivity contribution in [2.45, 2.75) is 30.5 Å². The number of methoxy groups -OCH3 is 1. The van der Waals surface area contributed by atoms with Crippen LogP contribution in [-0.2, 0) is 16.9 Å². The Balaban J connectivity index is 1.88. The van der Waals surface area contributed by atoms with Crippen molar-refractivity contribution in [2.75, 3.05) is 19.5 Å². The summed E-state index contributed by atoms with van der Waals surface area (Å²) in [4.78, 5) is 12.3. The summed E-state index contributed by atoms with van der Waals surface area (Å²) >= 11 is 0. The molecule has 0 radical (unpaired) electrons. The number of fused-ring (bicyclic) bond motifs is 1. The van der Waals surface area contributed by atoms with E-state index < -0.39 is 30.6 Å². The minimum absolute atomic E-state index is 0.0416. The van der Waals surface area contributed by atoms with Crippen molar-refractivity contribution in [3.63, 3.8) is 0 Å². The number of aliphatic hydroxyl groups excluding tert-OH is 3. The average molecular weight is 403 g/mol. The highest BCUT2D eigenvalue weighted by atomic mass is 16.6. The van der Waals surface area contributed by atoms with Crippen LogP contribution in [0.15, 0.2) is 30.9 Å². The molecule has 2 aromatic heterocycles. The van der Waals surface area contributed by atoms with Gasteiger partial charge in [0.2, 0.25) is 0 Å². The zero-order valence-electron chi connectivity index (χ0n) is 15.5. The summed E-state index contributed by atoms with van der Waals surface area (Å²) in [5.41, 5.74) is 5.56. The number of hydrogen-bond donors (Lipinski definition) is 5. The highest BCUT2D eigenvalue weighted by Gasteiger charge is 2.56. The molecule has 0 spiro atoms. The SMILES string of the molecule is COc1cc(CC2(n3cnc4c(N)ncnc43)O[C@H](CO)[C@@H](O)[C@H]2O)ccc1O. The topological polar surface area (TPSA) is 169 Å². The molecule has 1 aliphatic heterocycles. The first-order valence-electron chi connectivity index (χ1n) is 8.86. The minimum Gasteiger partial charge on any atom is -0.504 e. The number of aliphatic hydroxyl groups is 3. The monoisotopic (exact) mass is 403 g/mol. The molecule has 0 bridgehead atoms. The Kier molecular flexibility index (Phi) is 4.74. The molecule has 6 N–H and O–H groups in total. The molecule has 3 aromatic rings. The number of nitrogen functional groups attached to an aromatic ring is 1. The van der Waals surface area contributed by atoms with E-state index in [0.29, 0.717) is 16.7 Å². The van der Waals surface area contributed by atoms with E-state index in [1.165, 1.54) is 30.4 Å². The van der Waals surface area contributed by atoms with Crippen LogP contribution in [0.2, 0.25) is 0 Å². The van der Waals surface area contributed by atoms with Crippen molar-refractivity contribution in [1.82, 2.24) is 19.5 Å². The first kappa shape index (κ1) is 19.3. The molecule has 1 saturated heterocycles. The maximum absolute atomic E-state index is 11.0. The van der Waals surface area contributed by atoms with Gasteiger partial charge in [-0.25, -0.2) is 15.0 Å². The second-order valence-electron chi connectivity index (χ2n) is 6.85. The van der Waals surface area contributed by atoms with E-state index in [0.717, 1.165) is 0 Å². The van der Waals surface area contributed by atoms with E-state index in [1.54, 1.807) is 12.1 Å². The smallest absolute Gasteiger partial charge is 0.180 e. The fourth-order valence-electron chi connectivity index (χ4n) is 3.70. The summed E-state index contributed by atoms with van der Waals surface area (Å²) in [6.07, 6.45) is -1.10. The fraction of sp³-hybridized carbons (Fsp3) is 0.389. The van der Waals surface area contributed by atoms with Crippen molar-refractivity contribution in [2.24, 2.45) is 0 Å². The number of imidazole rings is 1. The number of phenolic OH excluding ortho intramolecular Hbond substituents is 1. The van der Waals surface area contributed by atoms with E-state index in [4.69, 9.17) is 15.2 Å². The van der Waals surface area contributed by atoms with Crippen LogP contribution >= 0.6 is 0 Å². The number of nitrogens with two attached hydrogens (primary N) is 1. The average Bonchev–Trinajstić information content (AvgIpc) is 3.26. The van der Waals surface area contributed by atoms with Gasteiger partial charge in [0, 0.05) is 6.42 Å². The largest absolute Gasteiger partial charge is 0.504 e. The molecule has 11 heteroatoms. The summed E-state index contributed by atoms with van der Waals surface area (Å²) in [5, 5.41) is 40.9. The van der Waals surface area contributed by atoms with Crippen LogP contribution in [0.4, 0.5) is 5.82 Å². The summed E-state index contributed by atoms with van der Waals surface area (Å²) in [5.74, 6) is 0.355. The van der Waals surface area contributed by atoms with Gasteiger partial charge in [0.15, 0.2) is 28.7 Å². The Hall–Kier alpha value is -2.99. The van der Waals surface area contributed by atoms with E-state index in [2.05, 4.69) is 15.0 Å². The standard InChI is InChI=1S/C18H21N5O6/c1-28-11-4-9(2-3-10(11)25)5-18(15(27)14(26)12(6-24)29-18)23-8-22-13-16(19)20-7-21-17(13)23/h2-4,7-8,12,14-15,24-27H,5-6H2,1H3,(H2,19,20,21)/t12-,14-,15-,18?/m1/s1. The van der Waals surface area contributed by atoms with Gasteiger partial charge < -0.3 is 35.6 Å². The van der Waals surface area contributed by atoms with Gasteiger partial charge in [-0.05, 0) is 17.7 Å². The molecule has 0 aliphatic carbocycles.